The van der Waals surface area contributed by atoms with E-state index in [1.165, 1.54) is 6.92 Å². The fourth-order valence-corrected chi connectivity index (χ4v) is 7.73. The fourth-order valence-electron chi connectivity index (χ4n) is 7.73. The monoisotopic (exact) mass is 404 g/mol. The molecule has 160 valence electrons. The normalized spacial score (nSPS) is 46.2. The van der Waals surface area contributed by atoms with Crippen molar-refractivity contribution in [1.82, 2.24) is 0 Å². The highest BCUT2D eigenvalue weighted by Gasteiger charge is 2.70. The van der Waals surface area contributed by atoms with E-state index < -0.39 is 35.5 Å². The van der Waals surface area contributed by atoms with Crippen molar-refractivity contribution in [3.8, 4) is 0 Å². The SMILES string of the molecule is CC(=O)O[C@]1(C(=O)CO)CC[C@@H]2[C@@H]3CCC4=CC(=O)CC[C@]4(C)[C@@H]3[C@H](O)C[C@]21C. The molecule has 0 aliphatic heterocycles. The minimum Gasteiger partial charge on any atom is -0.451 e. The molecule has 4 aliphatic rings. The van der Waals surface area contributed by atoms with Gasteiger partial charge in [-0.05, 0) is 67.8 Å². The van der Waals surface area contributed by atoms with Crippen LogP contribution >= 0.6 is 0 Å². The number of ketones is 2. The number of esters is 1. The molecule has 0 aromatic heterocycles. The van der Waals surface area contributed by atoms with Crippen molar-refractivity contribution >= 4 is 17.5 Å². The summed E-state index contributed by atoms with van der Waals surface area (Å²) < 4.78 is 5.68. The zero-order chi connectivity index (χ0) is 21.2. The maximum absolute atomic E-state index is 12.9. The van der Waals surface area contributed by atoms with Gasteiger partial charge in [-0.3, -0.25) is 14.4 Å². The van der Waals surface area contributed by atoms with E-state index in [0.29, 0.717) is 19.3 Å². The quantitative estimate of drug-likeness (QED) is 0.701. The molecule has 4 aliphatic carbocycles. The lowest BCUT2D eigenvalue weighted by atomic mass is 9.45. The molecule has 0 radical (unpaired) electrons. The first-order chi connectivity index (χ1) is 13.6. The zero-order valence-electron chi connectivity index (χ0n) is 17.6. The maximum Gasteiger partial charge on any atom is 0.303 e. The Bertz CT molecular complexity index is 786. The number of ether oxygens (including phenoxy) is 1. The molecule has 0 bridgehead atoms. The standard InChI is InChI=1S/C23H32O6/c1-13(25)29-23(19(28)12-24)9-7-17-16-5-4-14-10-15(26)6-8-21(14,2)20(16)18(27)11-22(17,23)3/h10,16-18,20,24,27H,4-9,11-12H2,1-3H3/t16-,17+,18+,20-,21-,22+,23-/m0/s1. The zero-order valence-corrected chi connectivity index (χ0v) is 17.6. The van der Waals surface area contributed by atoms with Crippen LogP contribution in [0.25, 0.3) is 0 Å². The van der Waals surface area contributed by atoms with E-state index in [0.717, 1.165) is 31.3 Å². The summed E-state index contributed by atoms with van der Waals surface area (Å²) in [7, 11) is 0. The summed E-state index contributed by atoms with van der Waals surface area (Å²) in [5.74, 6) is -0.462. The van der Waals surface area contributed by atoms with Crippen molar-refractivity contribution in [1.29, 1.82) is 0 Å². The highest BCUT2D eigenvalue weighted by Crippen LogP contribution is 2.68. The van der Waals surface area contributed by atoms with Crippen LogP contribution in [0.15, 0.2) is 11.6 Å². The van der Waals surface area contributed by atoms with Gasteiger partial charge in [-0.2, -0.15) is 0 Å². The molecule has 0 spiro atoms. The van der Waals surface area contributed by atoms with Crippen molar-refractivity contribution in [3.05, 3.63) is 11.6 Å². The van der Waals surface area contributed by atoms with Gasteiger partial charge in [0, 0.05) is 18.8 Å². The van der Waals surface area contributed by atoms with Gasteiger partial charge in [-0.1, -0.05) is 19.4 Å². The van der Waals surface area contributed by atoms with E-state index in [-0.39, 0.29) is 29.0 Å². The van der Waals surface area contributed by atoms with Crippen LogP contribution in [0, 0.1) is 28.6 Å². The number of aliphatic hydroxyl groups is 2. The maximum atomic E-state index is 12.9. The van der Waals surface area contributed by atoms with Crippen molar-refractivity contribution in [2.24, 2.45) is 28.6 Å². The summed E-state index contributed by atoms with van der Waals surface area (Å²) in [4.78, 5) is 36.8. The Morgan fingerprint density at radius 1 is 1.21 bits per heavy atom. The lowest BCUT2D eigenvalue weighted by Crippen LogP contribution is -2.63. The van der Waals surface area contributed by atoms with E-state index in [1.807, 2.05) is 6.92 Å². The van der Waals surface area contributed by atoms with Crippen LogP contribution in [0.4, 0.5) is 0 Å². The minimum atomic E-state index is -1.37. The number of aliphatic hydroxyl groups excluding tert-OH is 2. The van der Waals surface area contributed by atoms with Gasteiger partial charge in [-0.25, -0.2) is 0 Å². The summed E-state index contributed by atoms with van der Waals surface area (Å²) in [6.07, 6.45) is 5.59. The van der Waals surface area contributed by atoms with Gasteiger partial charge in [0.05, 0.1) is 6.10 Å². The summed E-state index contributed by atoms with van der Waals surface area (Å²) >= 11 is 0. The second-order valence-corrected chi connectivity index (χ2v) is 10.1. The third-order valence-corrected chi connectivity index (χ3v) is 8.93. The molecule has 0 aromatic carbocycles. The number of hydrogen-bond donors (Lipinski definition) is 2. The first-order valence-electron chi connectivity index (χ1n) is 10.8. The van der Waals surface area contributed by atoms with Gasteiger partial charge >= 0.3 is 5.97 Å². The smallest absolute Gasteiger partial charge is 0.303 e. The van der Waals surface area contributed by atoms with Crippen molar-refractivity contribution in [3.63, 3.8) is 0 Å². The van der Waals surface area contributed by atoms with Gasteiger partial charge in [0.15, 0.2) is 11.4 Å². The Labute approximate surface area is 171 Å². The predicted molar refractivity (Wildman–Crippen MR) is 105 cm³/mol. The lowest BCUT2D eigenvalue weighted by Gasteiger charge is -2.60. The molecule has 3 fully saturated rings. The molecule has 6 nitrogen and oxygen atoms in total. The molecule has 0 amide bonds. The number of carbonyl (C=O) groups is 3. The molecule has 6 heteroatoms. The Kier molecular flexibility index (Phi) is 4.82. The number of Topliss-reactive ketones (excluding diaryl/α,β-unsaturated/α-hetero) is 1. The Morgan fingerprint density at radius 2 is 1.93 bits per heavy atom. The third-order valence-electron chi connectivity index (χ3n) is 8.93. The number of hydrogen-bond acceptors (Lipinski definition) is 6. The van der Waals surface area contributed by atoms with Crippen LogP contribution in [0.3, 0.4) is 0 Å². The van der Waals surface area contributed by atoms with Crippen molar-refractivity contribution in [2.45, 2.75) is 77.4 Å². The lowest BCUT2D eigenvalue weighted by molar-refractivity contribution is -0.200. The molecule has 0 unspecified atom stereocenters. The predicted octanol–water partition coefficient (Wildman–Crippen LogP) is 2.35. The average molecular weight is 405 g/mol. The van der Waals surface area contributed by atoms with Crippen molar-refractivity contribution in [2.75, 3.05) is 6.61 Å². The second kappa shape index (κ2) is 6.74. The molecule has 0 aromatic rings. The van der Waals surface area contributed by atoms with Crippen LogP contribution in [0.5, 0.6) is 0 Å². The summed E-state index contributed by atoms with van der Waals surface area (Å²) in [5, 5.41) is 21.0. The van der Waals surface area contributed by atoms with Gasteiger partial charge in [0.25, 0.3) is 0 Å². The number of carbonyl (C=O) groups excluding carboxylic acids is 3. The molecule has 29 heavy (non-hydrogen) atoms. The van der Waals surface area contributed by atoms with Gasteiger partial charge in [0.2, 0.25) is 5.78 Å². The molecule has 2 N–H and O–H groups in total. The minimum absolute atomic E-state index is 0.0334. The Hall–Kier alpha value is -1.53. The number of fused-ring (bicyclic) bond motifs is 5. The van der Waals surface area contributed by atoms with Crippen LogP contribution in [-0.2, 0) is 19.1 Å². The summed E-state index contributed by atoms with van der Waals surface area (Å²) in [5.41, 5.74) is -1.12. The van der Waals surface area contributed by atoms with Gasteiger partial charge in [-0.15, -0.1) is 0 Å². The van der Waals surface area contributed by atoms with E-state index >= 15 is 0 Å². The first-order valence-corrected chi connectivity index (χ1v) is 10.8. The molecule has 4 rings (SSSR count). The molecule has 3 saturated carbocycles. The Balaban J connectivity index is 1.76. The van der Waals surface area contributed by atoms with Crippen LogP contribution < -0.4 is 0 Å². The van der Waals surface area contributed by atoms with Crippen LogP contribution in [0.1, 0.15) is 65.7 Å². The fraction of sp³-hybridized carbons (Fsp3) is 0.783. The highest BCUT2D eigenvalue weighted by molar-refractivity contribution is 5.92. The Morgan fingerprint density at radius 3 is 2.59 bits per heavy atom. The third kappa shape index (κ3) is 2.71. The molecular formula is C23H32O6. The summed E-state index contributed by atoms with van der Waals surface area (Å²) in [6, 6.07) is 0. The van der Waals surface area contributed by atoms with Crippen LogP contribution in [-0.4, -0.2) is 46.1 Å². The summed E-state index contributed by atoms with van der Waals surface area (Å²) in [6.45, 7) is 4.76. The van der Waals surface area contributed by atoms with E-state index in [2.05, 4.69) is 6.92 Å². The molecule has 0 saturated heterocycles. The molecule has 7 atom stereocenters. The van der Waals surface area contributed by atoms with Crippen LogP contribution in [0.2, 0.25) is 0 Å². The van der Waals surface area contributed by atoms with E-state index in [4.69, 9.17) is 4.74 Å². The topological polar surface area (TPSA) is 101 Å². The first kappa shape index (κ1) is 20.7. The number of allylic oxidation sites excluding steroid dienone is 1. The van der Waals surface area contributed by atoms with Gasteiger partial charge < -0.3 is 14.9 Å². The molecular weight excluding hydrogens is 372 g/mol. The van der Waals surface area contributed by atoms with Gasteiger partial charge in [0.1, 0.15) is 6.61 Å². The largest absolute Gasteiger partial charge is 0.451 e. The highest BCUT2D eigenvalue weighted by atomic mass is 16.6. The van der Waals surface area contributed by atoms with Crippen molar-refractivity contribution < 1.29 is 29.3 Å². The van der Waals surface area contributed by atoms with E-state index in [9.17, 15) is 24.6 Å². The number of rotatable bonds is 3. The second-order valence-electron chi connectivity index (χ2n) is 10.1. The van der Waals surface area contributed by atoms with E-state index in [1.54, 1.807) is 6.08 Å². The molecule has 0 heterocycles. The average Bonchev–Trinajstić information content (AvgIpc) is 2.93.